The number of rotatable bonds is 35. The van der Waals surface area contributed by atoms with E-state index in [1.54, 1.807) is 6.92 Å². The number of aliphatic hydroxyl groups excluding tert-OH is 10. The van der Waals surface area contributed by atoms with Gasteiger partial charge < -0.3 is 130 Å². The number of ketones is 1. The standard InChI is InChI=1S/C73H119N7O29/c1-7-40-26-42(28-46(63(40)108-72-60(92)58(90)54(86)35(4)100-72)105-71-53(77-37(6)83)65(57(89)51(33-82)107-71)103-49(69(98)99)25-39-18-13-10-14-19-39)45(84)20-15-21-74-52(85)31-80-30-44(78-79-80)67(95)76-23-22-75-66(94)43-27-41(8-2)64(109-73-61(93)59(91)55(87)36(5)101-73)47(29-43)104-70-34(3)62(56(88)50(32-81)106-70)102-48(68(96)97)24-38-16-11-9-12-17-38/h30,34-36,38-43,46-51,53-65,70-73,81-82,86-93H,7-29,31-33H2,1-6H3,(H,74,85)(H,75,94)(H,76,95)(H,77,83)(H,96,97)(H,98,99)/t34-,35+,36+,40+,41+,42-,43-,46-,47-,48+,49+,50-,51-,53-,54-,55-,56+,57+,58-,59-,60+,61+,62-,63-,64-,65-,70-,71-,72+,73+/m1/s1. The Labute approximate surface area is 633 Å². The van der Waals surface area contributed by atoms with Gasteiger partial charge in [0.1, 0.15) is 85.5 Å². The monoisotopic (exact) mass is 1560 g/mol. The molecule has 1 aromatic rings. The third-order valence-corrected chi connectivity index (χ3v) is 23.4. The molecule has 36 heteroatoms. The van der Waals surface area contributed by atoms with Crippen molar-refractivity contribution in [2.75, 3.05) is 32.8 Å². The summed E-state index contributed by atoms with van der Waals surface area (Å²) in [7, 11) is 0. The molecule has 620 valence electrons. The second-order valence-electron chi connectivity index (χ2n) is 31.2. The Bertz CT molecular complexity index is 3080. The highest BCUT2D eigenvalue weighted by molar-refractivity contribution is 5.92. The maximum atomic E-state index is 14.3. The Morgan fingerprint density at radius 3 is 1.55 bits per heavy atom. The molecule has 0 aromatic carbocycles. The van der Waals surface area contributed by atoms with E-state index in [1.165, 1.54) is 27.0 Å². The number of hydrogen-bond donors (Lipinski definition) is 16. The lowest BCUT2D eigenvalue weighted by molar-refractivity contribution is -0.343. The van der Waals surface area contributed by atoms with Crippen LogP contribution in [0.4, 0.5) is 0 Å². The van der Waals surface area contributed by atoms with Crippen molar-refractivity contribution in [3.8, 4) is 0 Å². The molecular formula is C73H119N7O29. The van der Waals surface area contributed by atoms with Crippen LogP contribution in [0.5, 0.6) is 0 Å². The van der Waals surface area contributed by atoms with Gasteiger partial charge in [0.2, 0.25) is 17.7 Å². The normalized spacial score (nSPS) is 38.3. The molecule has 0 unspecified atom stereocenters. The summed E-state index contributed by atoms with van der Waals surface area (Å²) in [4.78, 5) is 93.5. The SMILES string of the molecule is CC[C@H]1C[C@@H](C(=O)NCCNC(=O)c2cn(CC(=O)NCCCC(=O)[C@@H]3C[C@H](CC)[C@@H](O[C@@H]4O[C@@H](C)[C@@H](O)[C@@H](O)[C@@H]4O)[C@H](O[C@@H]4O[C@H](CO)[C@H](O)[C@H](O[C@@H](CC5CCCCC5)C(=O)O)[C@H]4NC(C)=O)C3)nn2)C[C@@H](O[C@@H]2O[C@H](CO)[C@H](O)[C@H](O[C@@H](CC3CCCCC3)C(=O)O)[C@H]2C)[C@@H]1O[C@@H]1O[C@@H](C)[C@@H](O)[C@@H](O)[C@@H]1O. The Morgan fingerprint density at radius 1 is 0.550 bits per heavy atom. The first kappa shape index (κ1) is 87.8. The van der Waals surface area contributed by atoms with Gasteiger partial charge in [0.05, 0.1) is 62.1 Å². The van der Waals surface area contributed by atoms with Crippen LogP contribution in [-0.2, 0) is 82.7 Å². The molecule has 5 heterocycles. The van der Waals surface area contributed by atoms with Gasteiger partial charge in [-0.05, 0) is 82.5 Å². The second-order valence-corrected chi connectivity index (χ2v) is 31.2. The van der Waals surface area contributed by atoms with Crippen LogP contribution >= 0.6 is 0 Å². The molecule has 4 aliphatic carbocycles. The zero-order chi connectivity index (χ0) is 79.1. The number of carbonyl (C=O) groups is 7. The van der Waals surface area contributed by atoms with Gasteiger partial charge in [0.15, 0.2) is 43.1 Å². The fourth-order valence-corrected chi connectivity index (χ4v) is 17.0. The van der Waals surface area contributed by atoms with E-state index >= 15 is 0 Å². The lowest BCUT2D eigenvalue weighted by atomic mass is 9.74. The Balaban J connectivity index is 0.784. The van der Waals surface area contributed by atoms with Crippen molar-refractivity contribution in [2.24, 2.45) is 41.4 Å². The summed E-state index contributed by atoms with van der Waals surface area (Å²) in [5, 5.41) is 148. The van der Waals surface area contributed by atoms with Crippen LogP contribution < -0.4 is 21.3 Å². The van der Waals surface area contributed by atoms with E-state index in [-0.39, 0.29) is 101 Å². The molecule has 109 heavy (non-hydrogen) atoms. The molecule has 30 atom stereocenters. The van der Waals surface area contributed by atoms with Gasteiger partial charge in [-0.3, -0.25) is 24.0 Å². The van der Waals surface area contributed by atoms with E-state index in [1.807, 2.05) is 13.8 Å². The van der Waals surface area contributed by atoms with E-state index in [9.17, 15) is 94.8 Å². The highest BCUT2D eigenvalue weighted by atomic mass is 16.7. The van der Waals surface area contributed by atoms with Crippen LogP contribution in [0.25, 0.3) is 0 Å². The van der Waals surface area contributed by atoms with Crippen LogP contribution in [0, 0.1) is 41.4 Å². The van der Waals surface area contributed by atoms with Crippen molar-refractivity contribution in [3.63, 3.8) is 0 Å². The molecular weight excluding hydrogens is 1440 g/mol. The summed E-state index contributed by atoms with van der Waals surface area (Å²) in [5.74, 6) is -8.18. The summed E-state index contributed by atoms with van der Waals surface area (Å²) < 4.78 is 64.0. The Kier molecular flexibility index (Phi) is 33.2. The summed E-state index contributed by atoms with van der Waals surface area (Å²) in [5.41, 5.74) is -0.153. The zero-order valence-corrected chi connectivity index (χ0v) is 63.1. The van der Waals surface area contributed by atoms with Crippen LogP contribution in [0.15, 0.2) is 6.20 Å². The van der Waals surface area contributed by atoms with Gasteiger partial charge in [-0.25, -0.2) is 14.3 Å². The lowest BCUT2D eigenvalue weighted by Crippen LogP contribution is -2.67. The highest BCUT2D eigenvalue weighted by Gasteiger charge is 2.55. The number of amides is 4. The topological polar surface area (TPSA) is 533 Å². The number of carboxylic acids is 2. The first-order valence-electron chi connectivity index (χ1n) is 39.2. The molecule has 1 aromatic heterocycles. The van der Waals surface area contributed by atoms with Gasteiger partial charge >= 0.3 is 11.9 Å². The van der Waals surface area contributed by atoms with Gasteiger partial charge in [-0.1, -0.05) is 103 Å². The Morgan fingerprint density at radius 2 is 1.04 bits per heavy atom. The number of ether oxygens (including phenoxy) is 10. The number of aliphatic carboxylic acids is 2. The first-order chi connectivity index (χ1) is 52.0. The molecule has 0 radical (unpaired) electrons. The third kappa shape index (κ3) is 22.9. The largest absolute Gasteiger partial charge is 0.479 e. The fraction of sp³-hybridized carbons (Fsp3) is 0.877. The average Bonchev–Trinajstić information content (AvgIpc) is 0.818. The lowest BCUT2D eigenvalue weighted by Gasteiger charge is -2.49. The highest BCUT2D eigenvalue weighted by Crippen LogP contribution is 2.44. The van der Waals surface area contributed by atoms with Gasteiger partial charge in [0, 0.05) is 50.7 Å². The minimum Gasteiger partial charge on any atom is -0.479 e. The van der Waals surface area contributed by atoms with Gasteiger partial charge in [0.25, 0.3) is 5.91 Å². The van der Waals surface area contributed by atoms with Gasteiger partial charge in [-0.2, -0.15) is 0 Å². The maximum Gasteiger partial charge on any atom is 0.332 e. The zero-order valence-electron chi connectivity index (χ0n) is 63.1. The number of aromatic nitrogens is 3. The number of carboxylic acid groups (broad SMARTS) is 2. The van der Waals surface area contributed by atoms with Crippen LogP contribution in [-0.4, -0.2) is 304 Å². The molecule has 0 spiro atoms. The molecule has 9 rings (SSSR count). The van der Waals surface area contributed by atoms with Gasteiger partial charge in [-0.15, -0.1) is 5.10 Å². The molecule has 8 aliphatic rings. The molecule has 0 bridgehead atoms. The van der Waals surface area contributed by atoms with E-state index in [0.29, 0.717) is 12.8 Å². The maximum absolute atomic E-state index is 14.3. The van der Waals surface area contributed by atoms with Crippen molar-refractivity contribution < 1.29 is 142 Å². The fourth-order valence-electron chi connectivity index (χ4n) is 17.0. The van der Waals surface area contributed by atoms with Crippen molar-refractivity contribution in [1.29, 1.82) is 0 Å². The molecule has 4 amide bonds. The van der Waals surface area contributed by atoms with E-state index < -0.39 is 232 Å². The number of carbonyl (C=O) groups excluding carboxylic acids is 5. The summed E-state index contributed by atoms with van der Waals surface area (Å²) in [6.45, 7) is 7.57. The number of nitrogens with zero attached hydrogens (tertiary/aromatic N) is 3. The molecule has 4 aliphatic heterocycles. The van der Waals surface area contributed by atoms with Crippen LogP contribution in [0.1, 0.15) is 180 Å². The quantitative estimate of drug-likeness (QED) is 0.0347. The Hall–Kier alpha value is -5.17. The van der Waals surface area contributed by atoms with Crippen molar-refractivity contribution in [1.82, 2.24) is 36.3 Å². The third-order valence-electron chi connectivity index (χ3n) is 23.4. The number of hydrogen-bond acceptors (Lipinski definition) is 29. The number of nitrogens with one attached hydrogen (secondary N) is 4. The molecule has 36 nitrogen and oxygen atoms in total. The van der Waals surface area contributed by atoms with Crippen LogP contribution in [0.3, 0.4) is 0 Å². The van der Waals surface area contributed by atoms with E-state index in [2.05, 4.69) is 31.6 Å². The van der Waals surface area contributed by atoms with Crippen molar-refractivity contribution in [2.45, 2.75) is 330 Å². The van der Waals surface area contributed by atoms with Crippen molar-refractivity contribution in [3.05, 3.63) is 11.9 Å². The summed E-state index contributed by atoms with van der Waals surface area (Å²) in [6.07, 6.45) is -20.8. The molecule has 8 fully saturated rings. The minimum atomic E-state index is -1.73. The van der Waals surface area contributed by atoms with Crippen molar-refractivity contribution >= 4 is 41.4 Å². The minimum absolute atomic E-state index is 0.0201. The number of aliphatic hydroxyl groups is 10. The predicted octanol–water partition coefficient (Wildman–Crippen LogP) is -1.43. The van der Waals surface area contributed by atoms with Crippen LogP contribution in [0.2, 0.25) is 0 Å². The second kappa shape index (κ2) is 41.2. The molecule has 16 N–H and O–H groups in total. The van der Waals surface area contributed by atoms with E-state index in [0.717, 1.165) is 68.9 Å². The molecule has 4 saturated heterocycles. The summed E-state index contributed by atoms with van der Waals surface area (Å²) >= 11 is 0. The number of Topliss-reactive ketones (excluding diaryl/α,β-unsaturated/α-hetero) is 1. The summed E-state index contributed by atoms with van der Waals surface area (Å²) in [6, 6.07) is -1.39. The smallest absolute Gasteiger partial charge is 0.332 e. The predicted molar refractivity (Wildman–Crippen MR) is 375 cm³/mol. The van der Waals surface area contributed by atoms with E-state index in [4.69, 9.17) is 47.4 Å². The average molecular weight is 1560 g/mol. The molecule has 4 saturated carbocycles. The first-order valence-corrected chi connectivity index (χ1v) is 39.2.